The zero-order valence-corrected chi connectivity index (χ0v) is 25.5. The van der Waals surface area contributed by atoms with E-state index in [1.165, 1.54) is 45.0 Å². The molecule has 3 aliphatic rings. The van der Waals surface area contributed by atoms with E-state index in [0.29, 0.717) is 25.9 Å². The summed E-state index contributed by atoms with van der Waals surface area (Å²) >= 11 is 0. The van der Waals surface area contributed by atoms with E-state index in [2.05, 4.69) is 0 Å². The van der Waals surface area contributed by atoms with E-state index in [1.807, 2.05) is 48.5 Å². The molecule has 0 saturated heterocycles. The van der Waals surface area contributed by atoms with Gasteiger partial charge in [-0.2, -0.15) is 8.61 Å². The van der Waals surface area contributed by atoms with Gasteiger partial charge in [-0.15, -0.1) is 0 Å². The number of carbonyl (C=O) groups is 2. The second kappa shape index (κ2) is 10.9. The second-order valence-electron chi connectivity index (χ2n) is 11.5. The molecule has 0 N–H and O–H groups in total. The van der Waals surface area contributed by atoms with Crippen LogP contribution in [0.2, 0.25) is 0 Å². The zero-order valence-electron chi connectivity index (χ0n) is 23.9. The first-order valence-electron chi connectivity index (χ1n) is 14.7. The van der Waals surface area contributed by atoms with Gasteiger partial charge in [0.1, 0.15) is 0 Å². The highest BCUT2D eigenvalue weighted by atomic mass is 32.2. The molecule has 0 aromatic heterocycles. The molecule has 0 amide bonds. The van der Waals surface area contributed by atoms with Gasteiger partial charge in [0.2, 0.25) is 20.0 Å². The van der Waals surface area contributed by atoms with Crippen LogP contribution in [0.5, 0.6) is 0 Å². The number of hydrogen-bond donors (Lipinski definition) is 0. The molecule has 0 radical (unpaired) electrons. The fourth-order valence-electron chi connectivity index (χ4n) is 6.48. The average molecular weight is 627 g/mol. The maximum atomic E-state index is 13.7. The minimum Gasteiger partial charge on any atom is -0.289 e. The normalized spacial score (nSPS) is 17.5. The molecular weight excluding hydrogens is 597 g/mol. The van der Waals surface area contributed by atoms with E-state index in [-0.39, 0.29) is 45.1 Å². The van der Waals surface area contributed by atoms with Gasteiger partial charge in [0, 0.05) is 48.4 Å². The van der Waals surface area contributed by atoms with E-state index >= 15 is 0 Å². The van der Waals surface area contributed by atoms with Crippen molar-refractivity contribution < 1.29 is 26.4 Å². The Morgan fingerprint density at radius 3 is 1.27 bits per heavy atom. The summed E-state index contributed by atoms with van der Waals surface area (Å²) in [5, 5.41) is 0. The molecule has 0 bridgehead atoms. The van der Waals surface area contributed by atoms with Crippen molar-refractivity contribution in [2.75, 3.05) is 13.1 Å². The van der Waals surface area contributed by atoms with Gasteiger partial charge in [-0.1, -0.05) is 48.5 Å². The Morgan fingerprint density at radius 1 is 0.477 bits per heavy atom. The third-order valence-corrected chi connectivity index (χ3v) is 12.6. The molecule has 4 aromatic rings. The summed E-state index contributed by atoms with van der Waals surface area (Å²) in [4.78, 5) is 27.2. The summed E-state index contributed by atoms with van der Waals surface area (Å²) in [6.45, 7) is 1.13. The Morgan fingerprint density at radius 2 is 0.864 bits per heavy atom. The third-order valence-electron chi connectivity index (χ3n) is 8.87. The van der Waals surface area contributed by atoms with Gasteiger partial charge in [-0.3, -0.25) is 9.59 Å². The molecule has 7 rings (SSSR count). The van der Waals surface area contributed by atoms with Crippen LogP contribution in [0.3, 0.4) is 0 Å². The maximum absolute atomic E-state index is 13.7. The molecule has 2 aliphatic heterocycles. The van der Waals surface area contributed by atoms with Gasteiger partial charge in [-0.05, 0) is 84.3 Å². The van der Waals surface area contributed by atoms with Gasteiger partial charge in [0.15, 0.2) is 11.6 Å². The van der Waals surface area contributed by atoms with E-state index < -0.39 is 31.6 Å². The molecule has 2 heterocycles. The number of benzene rings is 4. The Bertz CT molecular complexity index is 1920. The maximum Gasteiger partial charge on any atom is 0.243 e. The van der Waals surface area contributed by atoms with Gasteiger partial charge in [0.05, 0.1) is 9.79 Å². The number of nitrogens with zero attached hydrogens (tertiary/aromatic N) is 2. The first-order chi connectivity index (χ1) is 21.1. The van der Waals surface area contributed by atoms with Gasteiger partial charge in [-0.25, -0.2) is 16.8 Å². The number of hydrogen-bond acceptors (Lipinski definition) is 6. The van der Waals surface area contributed by atoms with Crippen LogP contribution in [0.1, 0.15) is 66.9 Å². The van der Waals surface area contributed by atoms with Crippen molar-refractivity contribution in [1.82, 2.24) is 8.61 Å². The van der Waals surface area contributed by atoms with Crippen LogP contribution in [-0.4, -0.2) is 50.1 Å². The van der Waals surface area contributed by atoms with E-state index in [9.17, 15) is 26.4 Å². The summed E-state index contributed by atoms with van der Waals surface area (Å²) < 4.78 is 57.8. The fraction of sp³-hybridized carbons (Fsp3) is 0.235. The number of rotatable bonds is 4. The van der Waals surface area contributed by atoms with Crippen LogP contribution in [-0.2, 0) is 46.0 Å². The molecule has 0 saturated carbocycles. The van der Waals surface area contributed by atoms with Gasteiger partial charge in [0.25, 0.3) is 0 Å². The summed E-state index contributed by atoms with van der Waals surface area (Å²) in [5.74, 6) is -1.03. The molecule has 44 heavy (non-hydrogen) atoms. The topological polar surface area (TPSA) is 109 Å². The molecule has 0 fully saturated rings. The molecule has 1 aliphatic carbocycles. The van der Waals surface area contributed by atoms with Gasteiger partial charge < -0.3 is 0 Å². The van der Waals surface area contributed by atoms with Crippen molar-refractivity contribution in [2.45, 2.75) is 48.6 Å². The van der Waals surface area contributed by atoms with Crippen molar-refractivity contribution in [2.24, 2.45) is 0 Å². The Kier molecular flexibility index (Phi) is 7.12. The SMILES string of the molecule is O=C1c2ccc(S(=O)(=O)N3CCCc4ccccc4C3)cc2C(=O)c2ccc(S(=O)(=O)N3CCCc4ccccc4C3)cc21. The highest BCUT2D eigenvalue weighted by Crippen LogP contribution is 2.33. The van der Waals surface area contributed by atoms with Crippen molar-refractivity contribution >= 4 is 31.6 Å². The number of carbonyl (C=O) groups excluding carboxylic acids is 2. The largest absolute Gasteiger partial charge is 0.289 e. The van der Waals surface area contributed by atoms with Crippen molar-refractivity contribution in [3.8, 4) is 0 Å². The van der Waals surface area contributed by atoms with Gasteiger partial charge >= 0.3 is 0 Å². The van der Waals surface area contributed by atoms with E-state index in [1.54, 1.807) is 0 Å². The fourth-order valence-corrected chi connectivity index (χ4v) is 9.45. The number of fused-ring (bicyclic) bond motifs is 4. The van der Waals surface area contributed by atoms with Crippen LogP contribution in [0.4, 0.5) is 0 Å². The highest BCUT2D eigenvalue weighted by Gasteiger charge is 2.35. The van der Waals surface area contributed by atoms with Crippen LogP contribution >= 0.6 is 0 Å². The number of ketones is 2. The lowest BCUT2D eigenvalue weighted by Gasteiger charge is -2.24. The molecule has 0 spiro atoms. The first-order valence-corrected chi connectivity index (χ1v) is 17.5. The summed E-state index contributed by atoms with van der Waals surface area (Å²) in [6.07, 6.45) is 2.89. The van der Waals surface area contributed by atoms with E-state index in [0.717, 1.165) is 35.1 Å². The Hall–Kier alpha value is -3.96. The third kappa shape index (κ3) is 4.82. The minimum atomic E-state index is -3.96. The standard InChI is InChI=1S/C34H30N2O6S2/c37-33-30-16-14-28(44(41,42)36-18-6-12-24-8-2-4-10-26(24)22-36)20-32(30)34(38)29-15-13-27(19-31(29)33)43(39,40)35-17-5-11-23-7-1-3-9-25(23)21-35/h1-4,7-10,13-16,19-20H,5-6,11-12,17-18,21-22H2. The lowest BCUT2D eigenvalue weighted by atomic mass is 9.84. The van der Waals surface area contributed by atoms with E-state index in [4.69, 9.17) is 0 Å². The average Bonchev–Trinajstić information content (AvgIpc) is 3.40. The number of aryl methyl sites for hydroxylation is 2. The molecule has 0 atom stereocenters. The molecule has 0 unspecified atom stereocenters. The zero-order chi connectivity index (χ0) is 30.6. The lowest BCUT2D eigenvalue weighted by molar-refractivity contribution is 0.0978. The van der Waals surface area contributed by atoms with Crippen LogP contribution in [0, 0.1) is 0 Å². The molecular formula is C34H30N2O6S2. The smallest absolute Gasteiger partial charge is 0.243 e. The highest BCUT2D eigenvalue weighted by molar-refractivity contribution is 7.89. The van der Waals surface area contributed by atoms with Crippen molar-refractivity contribution in [3.63, 3.8) is 0 Å². The van der Waals surface area contributed by atoms with Crippen LogP contribution < -0.4 is 0 Å². The van der Waals surface area contributed by atoms with Crippen molar-refractivity contribution in [3.05, 3.63) is 129 Å². The Labute approximate surface area is 257 Å². The van der Waals surface area contributed by atoms with Crippen molar-refractivity contribution in [1.29, 1.82) is 0 Å². The quantitative estimate of drug-likeness (QED) is 0.285. The molecule has 8 nitrogen and oxygen atoms in total. The predicted octanol–water partition coefficient (Wildman–Crippen LogP) is 4.74. The predicted molar refractivity (Wildman–Crippen MR) is 164 cm³/mol. The molecule has 10 heteroatoms. The Balaban J connectivity index is 1.20. The first kappa shape index (κ1) is 28.8. The second-order valence-corrected chi connectivity index (χ2v) is 15.4. The summed E-state index contributed by atoms with van der Waals surface area (Å²) in [7, 11) is -7.92. The minimum absolute atomic E-state index is 0.00136. The number of sulfonamides is 2. The van der Waals surface area contributed by atoms with Crippen LogP contribution in [0.25, 0.3) is 0 Å². The molecule has 4 aromatic carbocycles. The summed E-state index contributed by atoms with van der Waals surface area (Å²) in [6, 6.07) is 23.5. The summed E-state index contributed by atoms with van der Waals surface area (Å²) in [5.41, 5.74) is 4.24. The van der Waals surface area contributed by atoms with Crippen LogP contribution in [0.15, 0.2) is 94.7 Å². The lowest BCUT2D eigenvalue weighted by Crippen LogP contribution is -2.32. The molecule has 224 valence electrons. The monoisotopic (exact) mass is 626 g/mol.